The third kappa shape index (κ3) is 2.69. The van der Waals surface area contributed by atoms with Crippen LogP contribution in [-0.4, -0.2) is 17.8 Å². The predicted octanol–water partition coefficient (Wildman–Crippen LogP) is 3.89. The summed E-state index contributed by atoms with van der Waals surface area (Å²) in [6.07, 6.45) is 1.78. The molecule has 0 radical (unpaired) electrons. The molecule has 24 heavy (non-hydrogen) atoms. The number of hydrogen-bond acceptors (Lipinski definition) is 5. The molecule has 2 aromatic carbocycles. The van der Waals surface area contributed by atoms with Crippen LogP contribution in [0.4, 0.5) is 11.4 Å². The maximum absolute atomic E-state index is 10.8. The highest BCUT2D eigenvalue weighted by Gasteiger charge is 2.40. The van der Waals surface area contributed by atoms with Crippen LogP contribution in [0.5, 0.6) is 5.75 Å². The first-order valence-electron chi connectivity index (χ1n) is 8.10. The Morgan fingerprint density at radius 2 is 1.92 bits per heavy atom. The van der Waals surface area contributed by atoms with Gasteiger partial charge in [0.05, 0.1) is 17.6 Å². The molecular weight excluding hydrogens is 308 g/mol. The monoisotopic (exact) mass is 326 g/mol. The van der Waals surface area contributed by atoms with Crippen LogP contribution in [0.25, 0.3) is 0 Å². The van der Waals surface area contributed by atoms with E-state index in [0.717, 1.165) is 29.8 Å². The number of nitro groups is 1. The van der Waals surface area contributed by atoms with Gasteiger partial charge < -0.3 is 14.8 Å². The second kappa shape index (κ2) is 6.13. The topological polar surface area (TPSA) is 73.6 Å². The number of rotatable bonds is 3. The van der Waals surface area contributed by atoms with Gasteiger partial charge in [-0.15, -0.1) is 0 Å². The first kappa shape index (κ1) is 15.0. The molecule has 124 valence electrons. The summed E-state index contributed by atoms with van der Waals surface area (Å²) in [5.74, 6) is 1.05. The lowest BCUT2D eigenvalue weighted by atomic mass is 9.84. The highest BCUT2D eigenvalue weighted by atomic mass is 16.7. The third-order valence-electron chi connectivity index (χ3n) is 4.64. The average molecular weight is 326 g/mol. The quantitative estimate of drug-likeness (QED) is 0.684. The highest BCUT2D eigenvalue weighted by molar-refractivity contribution is 5.52. The normalized spacial score (nSPS) is 25.1. The number of ether oxygens (including phenoxy) is 2. The standard InChI is InChI=1S/C18H18N2O4/c21-20(22)13-9-7-12(8-10-13)19-17-14-4-1-2-6-16(14)24-18-15(17)5-3-11-23-18/h1-2,4,6-10,15,17-19H,3,5,11H2/t15-,17-,18+/m1/s1. The van der Waals surface area contributed by atoms with Crippen molar-refractivity contribution in [2.24, 2.45) is 5.92 Å². The smallest absolute Gasteiger partial charge is 0.269 e. The Labute approximate surface area is 139 Å². The Bertz CT molecular complexity index is 747. The summed E-state index contributed by atoms with van der Waals surface area (Å²) in [4.78, 5) is 10.4. The zero-order valence-electron chi connectivity index (χ0n) is 13.1. The minimum atomic E-state index is -0.390. The molecule has 2 heterocycles. The second-order valence-corrected chi connectivity index (χ2v) is 6.13. The van der Waals surface area contributed by atoms with Crippen LogP contribution < -0.4 is 10.1 Å². The van der Waals surface area contributed by atoms with Crippen molar-refractivity contribution in [3.05, 3.63) is 64.2 Å². The first-order valence-corrected chi connectivity index (χ1v) is 8.10. The van der Waals surface area contributed by atoms with E-state index in [1.807, 2.05) is 18.2 Å². The van der Waals surface area contributed by atoms with Gasteiger partial charge in [0.15, 0.2) is 0 Å². The minimum Gasteiger partial charge on any atom is -0.464 e. The molecule has 0 saturated carbocycles. The molecule has 6 heteroatoms. The fourth-order valence-electron chi connectivity index (χ4n) is 3.47. The van der Waals surface area contributed by atoms with E-state index in [4.69, 9.17) is 9.47 Å². The van der Waals surface area contributed by atoms with Gasteiger partial charge in [-0.3, -0.25) is 10.1 Å². The molecule has 0 aromatic heterocycles. The van der Waals surface area contributed by atoms with Crippen molar-refractivity contribution < 1.29 is 14.4 Å². The van der Waals surface area contributed by atoms with Crippen molar-refractivity contribution in [1.82, 2.24) is 0 Å². The summed E-state index contributed by atoms with van der Waals surface area (Å²) < 4.78 is 11.8. The fraction of sp³-hybridized carbons (Fsp3) is 0.333. The Balaban J connectivity index is 1.65. The number of anilines is 1. The van der Waals surface area contributed by atoms with Crippen LogP contribution in [-0.2, 0) is 4.74 Å². The molecule has 0 bridgehead atoms. The largest absolute Gasteiger partial charge is 0.464 e. The highest BCUT2D eigenvalue weighted by Crippen LogP contribution is 2.44. The number of para-hydroxylation sites is 1. The molecule has 3 atom stereocenters. The van der Waals surface area contributed by atoms with Crippen molar-refractivity contribution in [2.45, 2.75) is 25.2 Å². The minimum absolute atomic E-state index is 0.0571. The Morgan fingerprint density at radius 3 is 2.71 bits per heavy atom. The van der Waals surface area contributed by atoms with Crippen molar-refractivity contribution in [3.63, 3.8) is 0 Å². The van der Waals surface area contributed by atoms with Gasteiger partial charge >= 0.3 is 0 Å². The molecule has 6 nitrogen and oxygen atoms in total. The number of hydrogen-bond donors (Lipinski definition) is 1. The summed E-state index contributed by atoms with van der Waals surface area (Å²) in [7, 11) is 0. The molecule has 1 saturated heterocycles. The van der Waals surface area contributed by atoms with E-state index in [2.05, 4.69) is 11.4 Å². The van der Waals surface area contributed by atoms with Gasteiger partial charge in [-0.2, -0.15) is 0 Å². The molecule has 0 unspecified atom stereocenters. The van der Waals surface area contributed by atoms with Gasteiger partial charge in [0.25, 0.3) is 5.69 Å². The lowest BCUT2D eigenvalue weighted by Crippen LogP contribution is -2.43. The van der Waals surface area contributed by atoms with E-state index in [-0.39, 0.29) is 23.9 Å². The van der Waals surface area contributed by atoms with Crippen molar-refractivity contribution in [2.75, 3.05) is 11.9 Å². The Morgan fingerprint density at radius 1 is 1.12 bits per heavy atom. The molecule has 0 aliphatic carbocycles. The zero-order valence-corrected chi connectivity index (χ0v) is 13.1. The summed E-state index contributed by atoms with van der Waals surface area (Å²) in [6.45, 7) is 0.716. The Kier molecular flexibility index (Phi) is 3.82. The molecule has 0 spiro atoms. The van der Waals surface area contributed by atoms with E-state index in [9.17, 15) is 10.1 Å². The van der Waals surface area contributed by atoms with E-state index >= 15 is 0 Å². The van der Waals surface area contributed by atoms with E-state index in [1.165, 1.54) is 12.1 Å². The van der Waals surface area contributed by atoms with Gasteiger partial charge in [0.1, 0.15) is 5.75 Å². The summed E-state index contributed by atoms with van der Waals surface area (Å²) in [5.41, 5.74) is 2.04. The number of fused-ring (bicyclic) bond motifs is 2. The van der Waals surface area contributed by atoms with Crippen LogP contribution in [0, 0.1) is 16.0 Å². The molecule has 2 aliphatic rings. The number of benzene rings is 2. The van der Waals surface area contributed by atoms with Crippen LogP contribution in [0.3, 0.4) is 0 Å². The molecule has 2 aliphatic heterocycles. The van der Waals surface area contributed by atoms with Crippen LogP contribution in [0.1, 0.15) is 24.4 Å². The van der Waals surface area contributed by atoms with E-state index in [1.54, 1.807) is 12.1 Å². The number of nitro benzene ring substituents is 1. The average Bonchev–Trinajstić information content (AvgIpc) is 2.62. The number of nitrogens with one attached hydrogen (secondary N) is 1. The summed E-state index contributed by atoms with van der Waals surface area (Å²) in [6, 6.07) is 14.5. The second-order valence-electron chi connectivity index (χ2n) is 6.13. The third-order valence-corrected chi connectivity index (χ3v) is 4.64. The number of nitrogens with zero attached hydrogens (tertiary/aromatic N) is 1. The summed E-state index contributed by atoms with van der Waals surface area (Å²) in [5, 5.41) is 14.3. The zero-order chi connectivity index (χ0) is 16.5. The maximum Gasteiger partial charge on any atom is 0.269 e. The molecule has 1 N–H and O–H groups in total. The molecule has 2 aromatic rings. The lowest BCUT2D eigenvalue weighted by molar-refractivity contribution is -0.384. The van der Waals surface area contributed by atoms with Crippen LogP contribution in [0.2, 0.25) is 0 Å². The van der Waals surface area contributed by atoms with Crippen molar-refractivity contribution >= 4 is 11.4 Å². The molecule has 0 amide bonds. The summed E-state index contributed by atoms with van der Waals surface area (Å²) >= 11 is 0. The molecule has 1 fully saturated rings. The van der Waals surface area contributed by atoms with Gasteiger partial charge in [0, 0.05) is 29.3 Å². The van der Waals surface area contributed by atoms with Crippen LogP contribution in [0.15, 0.2) is 48.5 Å². The first-order chi connectivity index (χ1) is 11.7. The van der Waals surface area contributed by atoms with Crippen molar-refractivity contribution in [1.29, 1.82) is 0 Å². The molecule has 4 rings (SSSR count). The van der Waals surface area contributed by atoms with E-state index < -0.39 is 4.92 Å². The van der Waals surface area contributed by atoms with Gasteiger partial charge in [-0.1, -0.05) is 18.2 Å². The number of non-ortho nitro benzene ring substituents is 1. The van der Waals surface area contributed by atoms with Gasteiger partial charge in [-0.05, 0) is 31.0 Å². The Hall–Kier alpha value is -2.60. The van der Waals surface area contributed by atoms with Gasteiger partial charge in [0.2, 0.25) is 6.29 Å². The SMILES string of the molecule is O=[N+]([O-])c1ccc(N[C@@H]2c3ccccc3O[C@@H]3OCCC[C@@H]32)cc1. The maximum atomic E-state index is 10.8. The van der Waals surface area contributed by atoms with Crippen LogP contribution >= 0.6 is 0 Å². The van der Waals surface area contributed by atoms with E-state index in [0.29, 0.717) is 6.61 Å². The van der Waals surface area contributed by atoms with Crippen molar-refractivity contribution in [3.8, 4) is 5.75 Å². The predicted molar refractivity (Wildman–Crippen MR) is 89.0 cm³/mol. The van der Waals surface area contributed by atoms with Gasteiger partial charge in [-0.25, -0.2) is 0 Å². The lowest BCUT2D eigenvalue weighted by Gasteiger charge is -2.42. The fourth-order valence-corrected chi connectivity index (χ4v) is 3.47. The molecular formula is C18H18N2O4.